The van der Waals surface area contributed by atoms with Gasteiger partial charge >= 0.3 is 0 Å². The van der Waals surface area contributed by atoms with Gasteiger partial charge in [-0.1, -0.05) is 19.9 Å². The van der Waals surface area contributed by atoms with Crippen LogP contribution in [0.2, 0.25) is 0 Å². The normalized spacial score (nSPS) is 10.9. The van der Waals surface area contributed by atoms with Crippen LogP contribution in [-0.2, 0) is 6.54 Å². The molecule has 0 unspecified atom stereocenters. The Morgan fingerprint density at radius 3 is 2.76 bits per heavy atom. The average Bonchev–Trinajstić information content (AvgIpc) is 2.94. The zero-order valence-electron chi connectivity index (χ0n) is 12.4. The average molecular weight is 290 g/mol. The number of nitrogens with zero attached hydrogens (tertiary/aromatic N) is 2. The van der Waals surface area contributed by atoms with E-state index < -0.39 is 0 Å². The van der Waals surface area contributed by atoms with Crippen LogP contribution in [0.3, 0.4) is 0 Å². The lowest BCUT2D eigenvalue weighted by Gasteiger charge is -2.09. The Bertz CT molecular complexity index is 636. The van der Waals surface area contributed by atoms with Crippen molar-refractivity contribution < 1.29 is 9.18 Å². The Morgan fingerprint density at radius 1 is 1.38 bits per heavy atom. The molecule has 0 radical (unpaired) electrons. The lowest BCUT2D eigenvalue weighted by molar-refractivity contribution is 0.0957. The molecule has 1 amide bonds. The minimum absolute atomic E-state index is 0.252. The van der Waals surface area contributed by atoms with Crippen molar-refractivity contribution in [3.05, 3.63) is 47.5 Å². The van der Waals surface area contributed by atoms with Crippen LogP contribution in [-0.4, -0.2) is 28.8 Å². The van der Waals surface area contributed by atoms with E-state index in [-0.39, 0.29) is 17.4 Å². The lowest BCUT2D eigenvalue weighted by atomic mass is 10.2. The number of carbonyl (C=O) groups excluding carboxylic acids is 1. The SMILES string of the molecule is CNC(=O)c1ccn(-c2ccc(CNC(C)C)cc2F)n1. The number of hydrogen-bond donors (Lipinski definition) is 2. The van der Waals surface area contributed by atoms with Gasteiger partial charge in [-0.2, -0.15) is 5.10 Å². The van der Waals surface area contributed by atoms with Gasteiger partial charge in [-0.05, 0) is 23.8 Å². The number of halogens is 1. The molecule has 0 aliphatic carbocycles. The van der Waals surface area contributed by atoms with E-state index in [1.54, 1.807) is 18.3 Å². The van der Waals surface area contributed by atoms with Gasteiger partial charge in [0.25, 0.3) is 5.91 Å². The summed E-state index contributed by atoms with van der Waals surface area (Å²) in [6.07, 6.45) is 1.56. The Kier molecular flexibility index (Phi) is 4.70. The molecule has 21 heavy (non-hydrogen) atoms. The van der Waals surface area contributed by atoms with Crippen LogP contribution in [0.25, 0.3) is 5.69 Å². The minimum Gasteiger partial charge on any atom is -0.354 e. The van der Waals surface area contributed by atoms with Gasteiger partial charge in [-0.3, -0.25) is 4.79 Å². The van der Waals surface area contributed by atoms with Crippen molar-refractivity contribution in [2.45, 2.75) is 26.4 Å². The Balaban J connectivity index is 2.20. The predicted octanol–water partition coefficient (Wildman–Crippen LogP) is 1.87. The summed E-state index contributed by atoms with van der Waals surface area (Å²) in [4.78, 5) is 11.5. The molecule has 0 atom stereocenters. The monoisotopic (exact) mass is 290 g/mol. The van der Waals surface area contributed by atoms with Gasteiger partial charge in [0.15, 0.2) is 5.69 Å². The largest absolute Gasteiger partial charge is 0.354 e. The highest BCUT2D eigenvalue weighted by atomic mass is 19.1. The van der Waals surface area contributed by atoms with Crippen LogP contribution in [0.4, 0.5) is 4.39 Å². The number of amides is 1. The topological polar surface area (TPSA) is 59.0 Å². The molecule has 0 bridgehead atoms. The van der Waals surface area contributed by atoms with Crippen molar-refractivity contribution in [1.82, 2.24) is 20.4 Å². The van der Waals surface area contributed by atoms with Gasteiger partial charge < -0.3 is 10.6 Å². The van der Waals surface area contributed by atoms with Crippen LogP contribution in [0.1, 0.15) is 29.9 Å². The highest BCUT2D eigenvalue weighted by Crippen LogP contribution is 2.15. The molecule has 1 aromatic heterocycles. The highest BCUT2D eigenvalue weighted by molar-refractivity contribution is 5.91. The van der Waals surface area contributed by atoms with E-state index in [2.05, 4.69) is 15.7 Å². The summed E-state index contributed by atoms with van der Waals surface area (Å²) < 4.78 is 15.5. The van der Waals surface area contributed by atoms with Crippen LogP contribution >= 0.6 is 0 Å². The number of carbonyl (C=O) groups is 1. The van der Waals surface area contributed by atoms with Gasteiger partial charge in [-0.25, -0.2) is 9.07 Å². The quantitative estimate of drug-likeness (QED) is 0.884. The van der Waals surface area contributed by atoms with Crippen molar-refractivity contribution in [3.8, 4) is 5.69 Å². The van der Waals surface area contributed by atoms with Gasteiger partial charge in [0, 0.05) is 25.8 Å². The zero-order chi connectivity index (χ0) is 15.4. The smallest absolute Gasteiger partial charge is 0.271 e. The Morgan fingerprint density at radius 2 is 2.14 bits per heavy atom. The Labute approximate surface area is 123 Å². The van der Waals surface area contributed by atoms with Gasteiger partial charge in [-0.15, -0.1) is 0 Å². The van der Waals surface area contributed by atoms with Gasteiger partial charge in [0.1, 0.15) is 11.5 Å². The predicted molar refractivity (Wildman–Crippen MR) is 78.9 cm³/mol. The standard InChI is InChI=1S/C15H19FN4O/c1-10(2)18-9-11-4-5-14(12(16)8-11)20-7-6-13(19-20)15(21)17-3/h4-8,10,18H,9H2,1-3H3,(H,17,21). The van der Waals surface area contributed by atoms with Crippen molar-refractivity contribution in [2.24, 2.45) is 0 Å². The first kappa shape index (κ1) is 15.2. The molecule has 0 aliphatic heterocycles. The maximum Gasteiger partial charge on any atom is 0.271 e. The first-order valence-electron chi connectivity index (χ1n) is 6.81. The number of benzene rings is 1. The van der Waals surface area contributed by atoms with Crippen LogP contribution in [0.5, 0.6) is 0 Å². The summed E-state index contributed by atoms with van der Waals surface area (Å²) in [6.45, 7) is 4.68. The number of nitrogens with one attached hydrogen (secondary N) is 2. The summed E-state index contributed by atoms with van der Waals surface area (Å²) in [7, 11) is 1.53. The van der Waals surface area contributed by atoms with Crippen LogP contribution < -0.4 is 10.6 Å². The number of rotatable bonds is 5. The molecule has 2 rings (SSSR count). The highest BCUT2D eigenvalue weighted by Gasteiger charge is 2.11. The molecular weight excluding hydrogens is 271 g/mol. The molecule has 6 heteroatoms. The maximum atomic E-state index is 14.2. The molecule has 2 N–H and O–H groups in total. The second-order valence-corrected chi connectivity index (χ2v) is 5.05. The second-order valence-electron chi connectivity index (χ2n) is 5.05. The fourth-order valence-corrected chi connectivity index (χ4v) is 1.88. The fraction of sp³-hybridized carbons (Fsp3) is 0.333. The fourth-order valence-electron chi connectivity index (χ4n) is 1.88. The zero-order valence-corrected chi connectivity index (χ0v) is 12.4. The minimum atomic E-state index is -0.371. The van der Waals surface area contributed by atoms with Gasteiger partial charge in [0.05, 0.1) is 0 Å². The molecule has 0 spiro atoms. The van der Waals surface area contributed by atoms with Crippen molar-refractivity contribution in [1.29, 1.82) is 0 Å². The third-order valence-electron chi connectivity index (χ3n) is 3.02. The van der Waals surface area contributed by atoms with Crippen molar-refractivity contribution >= 4 is 5.91 Å². The van der Waals surface area contributed by atoms with E-state index in [1.807, 2.05) is 19.9 Å². The maximum absolute atomic E-state index is 14.2. The second kappa shape index (κ2) is 6.49. The molecular formula is C15H19FN4O. The van der Waals surface area contributed by atoms with Crippen molar-refractivity contribution in [3.63, 3.8) is 0 Å². The summed E-state index contributed by atoms with van der Waals surface area (Å²) in [6, 6.07) is 6.87. The summed E-state index contributed by atoms with van der Waals surface area (Å²) in [5.41, 5.74) is 1.43. The molecule has 1 heterocycles. The molecule has 0 saturated heterocycles. The van der Waals surface area contributed by atoms with E-state index in [4.69, 9.17) is 0 Å². The van der Waals surface area contributed by atoms with Crippen LogP contribution in [0, 0.1) is 5.82 Å². The lowest BCUT2D eigenvalue weighted by Crippen LogP contribution is -2.21. The third-order valence-corrected chi connectivity index (χ3v) is 3.02. The molecule has 112 valence electrons. The molecule has 5 nitrogen and oxygen atoms in total. The third kappa shape index (κ3) is 3.66. The summed E-state index contributed by atoms with van der Waals surface area (Å²) in [5.74, 6) is -0.670. The molecule has 0 aliphatic rings. The number of aromatic nitrogens is 2. The van der Waals surface area contributed by atoms with E-state index in [0.29, 0.717) is 18.3 Å². The van der Waals surface area contributed by atoms with Crippen LogP contribution in [0.15, 0.2) is 30.5 Å². The van der Waals surface area contributed by atoms with E-state index in [1.165, 1.54) is 17.8 Å². The summed E-state index contributed by atoms with van der Waals surface area (Å²) >= 11 is 0. The first-order chi connectivity index (χ1) is 10.0. The molecule has 0 saturated carbocycles. The number of hydrogen-bond acceptors (Lipinski definition) is 3. The van der Waals surface area contributed by atoms with Gasteiger partial charge in [0.2, 0.25) is 0 Å². The van der Waals surface area contributed by atoms with Crippen molar-refractivity contribution in [2.75, 3.05) is 7.05 Å². The van der Waals surface area contributed by atoms with E-state index in [9.17, 15) is 9.18 Å². The molecule has 1 aromatic carbocycles. The summed E-state index contributed by atoms with van der Waals surface area (Å²) in [5, 5.41) is 9.78. The van der Waals surface area contributed by atoms with E-state index >= 15 is 0 Å². The Hall–Kier alpha value is -2.21. The van der Waals surface area contributed by atoms with E-state index in [0.717, 1.165) is 5.56 Å². The first-order valence-corrected chi connectivity index (χ1v) is 6.81. The molecule has 0 fully saturated rings. The molecule has 2 aromatic rings.